The minimum atomic E-state index is -3.82. The van der Waals surface area contributed by atoms with E-state index in [4.69, 9.17) is 9.56 Å². The van der Waals surface area contributed by atoms with Gasteiger partial charge in [0.15, 0.2) is 0 Å². The Bertz CT molecular complexity index is 2030. The van der Waals surface area contributed by atoms with Gasteiger partial charge in [-0.05, 0) is 84.9 Å². The molecule has 1 heterocycles. The van der Waals surface area contributed by atoms with Gasteiger partial charge in [-0.25, -0.2) is 13.6 Å². The van der Waals surface area contributed by atoms with Crippen LogP contribution >= 0.6 is 27.7 Å². The maximum absolute atomic E-state index is 13.4. The number of anilines is 2. The maximum atomic E-state index is 13.4. The second-order valence-electron chi connectivity index (χ2n) is 9.97. The largest absolute Gasteiger partial charge is 0.457 e. The molecule has 1 aromatic heterocycles. The van der Waals surface area contributed by atoms with Crippen molar-refractivity contribution in [2.75, 3.05) is 16.4 Å². The van der Waals surface area contributed by atoms with Gasteiger partial charge in [0, 0.05) is 37.9 Å². The molecule has 13 heteroatoms. The Hall–Kier alpha value is -4.95. The molecule has 0 aliphatic rings. The lowest BCUT2D eigenvalue weighted by Gasteiger charge is -2.11. The smallest absolute Gasteiger partial charge is 0.272 e. The number of furan rings is 1. The number of hydrogen-bond donors (Lipinski definition) is 4. The molecule has 0 bridgehead atoms. The van der Waals surface area contributed by atoms with Crippen LogP contribution in [0.15, 0.2) is 140 Å². The molecular weight excluding hydrogens is 704 g/mol. The number of amides is 3. The van der Waals surface area contributed by atoms with E-state index in [1.807, 2.05) is 24.3 Å². The number of nitrogens with one attached hydrogen (secondary N) is 3. The van der Waals surface area contributed by atoms with Crippen LogP contribution < -0.4 is 21.1 Å². The summed E-state index contributed by atoms with van der Waals surface area (Å²) in [6, 6.07) is 32.0. The van der Waals surface area contributed by atoms with Crippen molar-refractivity contribution < 1.29 is 27.2 Å². The first-order valence-corrected chi connectivity index (χ1v) is 17.3. The molecule has 47 heavy (non-hydrogen) atoms. The normalized spacial score (nSPS) is 11.5. The molecule has 238 valence electrons. The van der Waals surface area contributed by atoms with Crippen molar-refractivity contribution in [3.8, 4) is 11.3 Å². The standard InChI is InChI=1S/C34H27BrN4O6S2/c35-24-8-6-22(7-9-24)31-19-14-27(45-31)20-30(39-33(41)23-4-2-1-3-5-23)34(42)38-26-10-15-28(16-11-26)46-21-32(40)37-25-12-17-29(18-13-25)47(36,43)44/h1-20H,21H2,(H,37,40)(H,38,42)(H,39,41)(H2,36,43,44)/b30-20-. The molecule has 0 unspecified atom stereocenters. The number of rotatable bonds is 11. The average Bonchev–Trinajstić information content (AvgIpc) is 3.53. The van der Waals surface area contributed by atoms with Crippen LogP contribution in [0.2, 0.25) is 0 Å². The van der Waals surface area contributed by atoms with Crippen LogP contribution in [0.5, 0.6) is 0 Å². The fraction of sp³-hybridized carbons (Fsp3) is 0.0294. The van der Waals surface area contributed by atoms with E-state index in [0.29, 0.717) is 28.5 Å². The van der Waals surface area contributed by atoms with Gasteiger partial charge in [0.1, 0.15) is 17.2 Å². The molecule has 0 aliphatic carbocycles. The topological polar surface area (TPSA) is 161 Å². The maximum Gasteiger partial charge on any atom is 0.272 e. The number of primary sulfonamides is 1. The molecule has 0 aliphatic heterocycles. The van der Waals surface area contributed by atoms with Crippen molar-refractivity contribution in [2.24, 2.45) is 5.14 Å². The van der Waals surface area contributed by atoms with Gasteiger partial charge < -0.3 is 20.4 Å². The van der Waals surface area contributed by atoms with E-state index in [1.165, 1.54) is 42.1 Å². The third-order valence-electron chi connectivity index (χ3n) is 6.52. The third kappa shape index (κ3) is 9.53. The zero-order valence-electron chi connectivity index (χ0n) is 24.5. The van der Waals surface area contributed by atoms with E-state index in [1.54, 1.807) is 66.7 Å². The summed E-state index contributed by atoms with van der Waals surface area (Å²) >= 11 is 4.69. The molecule has 3 amide bonds. The summed E-state index contributed by atoms with van der Waals surface area (Å²) in [7, 11) is -3.82. The van der Waals surface area contributed by atoms with Gasteiger partial charge in [-0.15, -0.1) is 11.8 Å². The van der Waals surface area contributed by atoms with E-state index < -0.39 is 21.8 Å². The van der Waals surface area contributed by atoms with Crippen molar-refractivity contribution >= 4 is 72.9 Å². The second-order valence-corrected chi connectivity index (χ2v) is 13.5. The van der Waals surface area contributed by atoms with Crippen LogP contribution in [0.3, 0.4) is 0 Å². The lowest BCUT2D eigenvalue weighted by Crippen LogP contribution is -2.30. The number of halogens is 1. The first-order valence-electron chi connectivity index (χ1n) is 13.9. The third-order valence-corrected chi connectivity index (χ3v) is 8.99. The first-order chi connectivity index (χ1) is 22.5. The Labute approximate surface area is 283 Å². The summed E-state index contributed by atoms with van der Waals surface area (Å²) < 4.78 is 29.7. The van der Waals surface area contributed by atoms with Crippen molar-refractivity contribution in [3.63, 3.8) is 0 Å². The zero-order valence-corrected chi connectivity index (χ0v) is 27.7. The Morgan fingerprint density at radius 3 is 2.09 bits per heavy atom. The van der Waals surface area contributed by atoms with Crippen molar-refractivity contribution in [1.82, 2.24) is 5.32 Å². The second kappa shape index (κ2) is 15.1. The highest BCUT2D eigenvalue weighted by Gasteiger charge is 2.17. The van der Waals surface area contributed by atoms with Crippen LogP contribution in [0.1, 0.15) is 16.1 Å². The van der Waals surface area contributed by atoms with Crippen LogP contribution in [0.25, 0.3) is 17.4 Å². The van der Waals surface area contributed by atoms with Crippen molar-refractivity contribution in [1.29, 1.82) is 0 Å². The van der Waals surface area contributed by atoms with Gasteiger partial charge in [0.25, 0.3) is 11.8 Å². The Kier molecular flexibility index (Phi) is 10.7. The fourth-order valence-electron chi connectivity index (χ4n) is 4.19. The SMILES string of the molecule is NS(=O)(=O)c1ccc(NC(=O)CSc2ccc(NC(=O)/C(=C/c3ccc(-c4ccc(Br)cc4)o3)NC(=O)c3ccccc3)cc2)cc1. The summed E-state index contributed by atoms with van der Waals surface area (Å²) in [6.07, 6.45) is 1.46. The fourth-order valence-corrected chi connectivity index (χ4v) is 5.67. The molecule has 0 fully saturated rings. The Morgan fingerprint density at radius 1 is 0.787 bits per heavy atom. The molecule has 5 rings (SSSR count). The Balaban J connectivity index is 1.24. The van der Waals surface area contributed by atoms with Crippen LogP contribution in [0, 0.1) is 0 Å². The molecular formula is C34H27BrN4O6S2. The van der Waals surface area contributed by atoms with Crippen LogP contribution in [-0.2, 0) is 19.6 Å². The van der Waals surface area contributed by atoms with E-state index in [0.717, 1.165) is 14.9 Å². The number of benzene rings is 4. The molecule has 0 saturated heterocycles. The first kappa shape index (κ1) is 33.4. The summed E-state index contributed by atoms with van der Waals surface area (Å²) in [4.78, 5) is 39.5. The molecule has 10 nitrogen and oxygen atoms in total. The van der Waals surface area contributed by atoms with Crippen LogP contribution in [0.4, 0.5) is 11.4 Å². The number of carbonyl (C=O) groups is 3. The summed E-state index contributed by atoms with van der Waals surface area (Å²) in [5.41, 5.74) is 2.10. The quantitative estimate of drug-likeness (QED) is 0.0892. The highest BCUT2D eigenvalue weighted by molar-refractivity contribution is 9.10. The minimum absolute atomic E-state index is 0.0252. The van der Waals surface area contributed by atoms with Gasteiger partial charge >= 0.3 is 0 Å². The lowest BCUT2D eigenvalue weighted by molar-refractivity contribution is -0.114. The molecule has 0 radical (unpaired) electrons. The highest BCUT2D eigenvalue weighted by atomic mass is 79.9. The van der Waals surface area contributed by atoms with Crippen LogP contribution in [-0.4, -0.2) is 31.9 Å². The van der Waals surface area contributed by atoms with E-state index >= 15 is 0 Å². The number of carbonyl (C=O) groups excluding carboxylic acids is 3. The molecule has 4 aromatic carbocycles. The van der Waals surface area contributed by atoms with Gasteiger partial charge in [0.05, 0.1) is 10.6 Å². The van der Waals surface area contributed by atoms with Gasteiger partial charge in [-0.1, -0.05) is 46.3 Å². The van der Waals surface area contributed by atoms with Gasteiger partial charge in [0.2, 0.25) is 15.9 Å². The molecule has 0 spiro atoms. The lowest BCUT2D eigenvalue weighted by atomic mass is 10.2. The number of hydrogen-bond acceptors (Lipinski definition) is 7. The minimum Gasteiger partial charge on any atom is -0.457 e. The summed E-state index contributed by atoms with van der Waals surface area (Å²) in [5.74, 6) is -0.264. The molecule has 0 saturated carbocycles. The monoisotopic (exact) mass is 730 g/mol. The van der Waals surface area contributed by atoms with Crippen molar-refractivity contribution in [2.45, 2.75) is 9.79 Å². The van der Waals surface area contributed by atoms with E-state index in [2.05, 4.69) is 31.9 Å². The van der Waals surface area contributed by atoms with Gasteiger partial charge in [-0.2, -0.15) is 0 Å². The van der Waals surface area contributed by atoms with E-state index in [-0.39, 0.29) is 22.3 Å². The number of sulfonamides is 1. The predicted octanol–water partition coefficient (Wildman–Crippen LogP) is 6.50. The molecule has 0 atom stereocenters. The highest BCUT2D eigenvalue weighted by Crippen LogP contribution is 2.26. The van der Waals surface area contributed by atoms with Crippen molar-refractivity contribution in [3.05, 3.63) is 137 Å². The Morgan fingerprint density at radius 2 is 1.43 bits per heavy atom. The summed E-state index contributed by atoms with van der Waals surface area (Å²) in [6.45, 7) is 0. The van der Waals surface area contributed by atoms with E-state index in [9.17, 15) is 22.8 Å². The number of nitrogens with two attached hydrogens (primary N) is 1. The molecule has 5 aromatic rings. The number of thioether (sulfide) groups is 1. The zero-order chi connectivity index (χ0) is 33.4. The predicted molar refractivity (Wildman–Crippen MR) is 186 cm³/mol. The van der Waals surface area contributed by atoms with Gasteiger partial charge in [-0.3, -0.25) is 14.4 Å². The average molecular weight is 732 g/mol. The molecule has 5 N–H and O–H groups in total. The summed E-state index contributed by atoms with van der Waals surface area (Å²) in [5, 5.41) is 13.3.